The van der Waals surface area contributed by atoms with Crippen molar-refractivity contribution in [1.29, 1.82) is 0 Å². The first-order valence-electron chi connectivity index (χ1n) is 11.6. The molecule has 31 heavy (non-hydrogen) atoms. The molecule has 1 aliphatic carbocycles. The van der Waals surface area contributed by atoms with Gasteiger partial charge in [0.15, 0.2) is 5.82 Å². The summed E-state index contributed by atoms with van der Waals surface area (Å²) in [6.45, 7) is 3.39. The summed E-state index contributed by atoms with van der Waals surface area (Å²) in [6.07, 6.45) is 11.0. The highest BCUT2D eigenvalue weighted by Gasteiger charge is 2.36. The van der Waals surface area contributed by atoms with Gasteiger partial charge in [-0.1, -0.05) is 19.3 Å². The second-order valence-corrected chi connectivity index (χ2v) is 9.13. The Kier molecular flexibility index (Phi) is 5.46. The molecule has 8 heteroatoms. The maximum atomic E-state index is 13.1. The number of fused-ring (bicyclic) bond motifs is 1. The van der Waals surface area contributed by atoms with Crippen LogP contribution in [0.1, 0.15) is 85.0 Å². The van der Waals surface area contributed by atoms with Crippen LogP contribution in [0.5, 0.6) is 0 Å². The Morgan fingerprint density at radius 1 is 1.13 bits per heavy atom. The number of aromatic amines is 1. The smallest absolute Gasteiger partial charge is 0.272 e. The van der Waals surface area contributed by atoms with Crippen LogP contribution in [0.3, 0.4) is 0 Å². The molecule has 164 valence electrons. The van der Waals surface area contributed by atoms with Crippen LogP contribution in [-0.2, 0) is 11.2 Å². The third kappa shape index (κ3) is 3.83. The summed E-state index contributed by atoms with van der Waals surface area (Å²) in [7, 11) is 0. The molecule has 1 unspecified atom stereocenters. The van der Waals surface area contributed by atoms with Gasteiger partial charge < -0.3 is 4.90 Å². The van der Waals surface area contributed by atoms with E-state index in [1.54, 1.807) is 12.3 Å². The second-order valence-electron chi connectivity index (χ2n) is 9.13. The normalized spacial score (nSPS) is 22.1. The van der Waals surface area contributed by atoms with Crippen LogP contribution in [0.15, 0.2) is 12.3 Å². The van der Waals surface area contributed by atoms with E-state index >= 15 is 0 Å². The van der Waals surface area contributed by atoms with Crippen LogP contribution in [0.2, 0.25) is 0 Å². The average molecular weight is 423 g/mol. The minimum absolute atomic E-state index is 0.0703. The number of hydrogen-bond acceptors (Lipinski definition) is 5. The SMILES string of the molecule is Cc1nc(C2CCCCN2C(=O)c2ccn[nH]2)nc2c1CC(=O)N2CC1CCCCC1. The van der Waals surface area contributed by atoms with Gasteiger partial charge >= 0.3 is 0 Å². The predicted octanol–water partition coefficient (Wildman–Crippen LogP) is 3.34. The maximum Gasteiger partial charge on any atom is 0.272 e. The Hall–Kier alpha value is -2.77. The number of likely N-dealkylation sites (tertiary alicyclic amines) is 1. The van der Waals surface area contributed by atoms with Gasteiger partial charge in [0, 0.05) is 30.5 Å². The van der Waals surface area contributed by atoms with Crippen LogP contribution in [0, 0.1) is 12.8 Å². The first-order chi connectivity index (χ1) is 15.1. The fourth-order valence-corrected chi connectivity index (χ4v) is 5.34. The van der Waals surface area contributed by atoms with Gasteiger partial charge in [0.2, 0.25) is 5.91 Å². The van der Waals surface area contributed by atoms with Crippen molar-refractivity contribution in [2.24, 2.45) is 5.92 Å². The minimum Gasteiger partial charge on any atom is -0.327 e. The lowest BCUT2D eigenvalue weighted by Gasteiger charge is -2.35. The number of amides is 2. The van der Waals surface area contributed by atoms with E-state index in [1.165, 1.54) is 32.1 Å². The largest absolute Gasteiger partial charge is 0.327 e. The Labute approximate surface area is 182 Å². The average Bonchev–Trinajstić information content (AvgIpc) is 3.43. The zero-order valence-corrected chi connectivity index (χ0v) is 18.1. The molecule has 1 saturated carbocycles. The number of carbonyl (C=O) groups is 2. The van der Waals surface area contributed by atoms with Gasteiger partial charge in [0.1, 0.15) is 11.5 Å². The molecule has 4 heterocycles. The molecule has 2 fully saturated rings. The Morgan fingerprint density at radius 2 is 1.94 bits per heavy atom. The Balaban J connectivity index is 1.45. The number of H-pyrrole nitrogens is 1. The highest BCUT2D eigenvalue weighted by atomic mass is 16.2. The number of rotatable bonds is 4. The van der Waals surface area contributed by atoms with Crippen molar-refractivity contribution in [3.8, 4) is 0 Å². The molecular formula is C23H30N6O2. The highest BCUT2D eigenvalue weighted by Crippen LogP contribution is 2.36. The fourth-order valence-electron chi connectivity index (χ4n) is 5.34. The minimum atomic E-state index is -0.180. The first kappa shape index (κ1) is 20.2. The molecule has 2 amide bonds. The van der Waals surface area contributed by atoms with Gasteiger partial charge in [-0.2, -0.15) is 5.10 Å². The molecule has 3 aliphatic rings. The number of carbonyl (C=O) groups excluding carboxylic acids is 2. The third-order valence-corrected chi connectivity index (χ3v) is 7.05. The van der Waals surface area contributed by atoms with E-state index in [1.807, 2.05) is 16.7 Å². The molecule has 1 atom stereocenters. The summed E-state index contributed by atoms with van der Waals surface area (Å²) in [6, 6.07) is 1.52. The van der Waals surface area contributed by atoms with Crippen molar-refractivity contribution in [2.75, 3.05) is 18.0 Å². The summed E-state index contributed by atoms with van der Waals surface area (Å²) in [4.78, 5) is 39.4. The lowest BCUT2D eigenvalue weighted by molar-refractivity contribution is -0.117. The topological polar surface area (TPSA) is 95.1 Å². The van der Waals surface area contributed by atoms with E-state index in [4.69, 9.17) is 9.97 Å². The number of nitrogens with zero attached hydrogens (tertiary/aromatic N) is 5. The van der Waals surface area contributed by atoms with Crippen molar-refractivity contribution in [3.63, 3.8) is 0 Å². The number of anilines is 1. The van der Waals surface area contributed by atoms with Gasteiger partial charge in [-0.25, -0.2) is 9.97 Å². The quantitative estimate of drug-likeness (QED) is 0.815. The molecule has 2 aliphatic heterocycles. The van der Waals surface area contributed by atoms with E-state index < -0.39 is 0 Å². The van der Waals surface area contributed by atoms with Crippen molar-refractivity contribution in [3.05, 3.63) is 35.0 Å². The molecular weight excluding hydrogens is 392 g/mol. The van der Waals surface area contributed by atoms with E-state index in [9.17, 15) is 9.59 Å². The van der Waals surface area contributed by atoms with Crippen LogP contribution in [0.4, 0.5) is 5.82 Å². The Morgan fingerprint density at radius 3 is 2.71 bits per heavy atom. The number of aromatic nitrogens is 4. The van der Waals surface area contributed by atoms with Gasteiger partial charge in [0.25, 0.3) is 5.91 Å². The number of aryl methyl sites for hydroxylation is 1. The molecule has 2 aromatic rings. The van der Waals surface area contributed by atoms with Gasteiger partial charge in [-0.05, 0) is 51.0 Å². The molecule has 0 aromatic carbocycles. The molecule has 5 rings (SSSR count). The first-order valence-corrected chi connectivity index (χ1v) is 11.6. The van der Waals surface area contributed by atoms with E-state index in [0.717, 1.165) is 42.9 Å². The summed E-state index contributed by atoms with van der Waals surface area (Å²) in [5.41, 5.74) is 2.30. The van der Waals surface area contributed by atoms with Crippen LogP contribution in [-0.4, -0.2) is 50.0 Å². The molecule has 0 radical (unpaired) electrons. The fraction of sp³-hybridized carbons (Fsp3) is 0.609. The highest BCUT2D eigenvalue weighted by molar-refractivity contribution is 6.00. The summed E-state index contributed by atoms with van der Waals surface area (Å²) < 4.78 is 0. The number of piperidine rings is 1. The zero-order valence-electron chi connectivity index (χ0n) is 18.1. The van der Waals surface area contributed by atoms with Crippen LogP contribution in [0.25, 0.3) is 0 Å². The third-order valence-electron chi connectivity index (χ3n) is 7.05. The molecule has 0 spiro atoms. The van der Waals surface area contributed by atoms with Gasteiger partial charge in [-0.3, -0.25) is 19.6 Å². The summed E-state index contributed by atoms with van der Waals surface area (Å²) in [5, 5.41) is 6.71. The zero-order chi connectivity index (χ0) is 21.4. The van der Waals surface area contributed by atoms with Crippen LogP contribution < -0.4 is 4.90 Å². The number of hydrogen-bond donors (Lipinski definition) is 1. The molecule has 8 nitrogen and oxygen atoms in total. The monoisotopic (exact) mass is 422 g/mol. The molecule has 0 bridgehead atoms. The van der Waals surface area contributed by atoms with Crippen LogP contribution >= 0.6 is 0 Å². The van der Waals surface area contributed by atoms with Gasteiger partial charge in [-0.15, -0.1) is 0 Å². The summed E-state index contributed by atoms with van der Waals surface area (Å²) in [5.74, 6) is 2.04. The van der Waals surface area contributed by atoms with E-state index in [-0.39, 0.29) is 17.9 Å². The molecule has 1 N–H and O–H groups in total. The maximum absolute atomic E-state index is 13.1. The lowest BCUT2D eigenvalue weighted by Crippen LogP contribution is -2.40. The van der Waals surface area contributed by atoms with Crippen molar-refractivity contribution < 1.29 is 9.59 Å². The predicted molar refractivity (Wildman–Crippen MR) is 116 cm³/mol. The van der Waals surface area contributed by atoms with Crippen molar-refractivity contribution in [2.45, 2.75) is 70.8 Å². The van der Waals surface area contributed by atoms with Crippen molar-refractivity contribution in [1.82, 2.24) is 25.1 Å². The second kappa shape index (κ2) is 8.40. The number of nitrogens with one attached hydrogen (secondary N) is 1. The van der Waals surface area contributed by atoms with E-state index in [2.05, 4.69) is 10.2 Å². The van der Waals surface area contributed by atoms with E-state index in [0.29, 0.717) is 30.4 Å². The molecule has 1 saturated heterocycles. The van der Waals surface area contributed by atoms with Crippen molar-refractivity contribution >= 4 is 17.6 Å². The summed E-state index contributed by atoms with van der Waals surface area (Å²) >= 11 is 0. The molecule has 2 aromatic heterocycles. The Bertz CT molecular complexity index is 967. The lowest BCUT2D eigenvalue weighted by atomic mass is 9.89. The standard InChI is InChI=1S/C23H30N6O2/c1-15-17-13-20(30)29(14-16-7-3-2-4-8-16)22(17)26-21(25-15)19-9-5-6-12-28(19)23(31)18-10-11-24-27-18/h10-11,16,19H,2-9,12-14H2,1H3,(H,24,27). The van der Waals surface area contributed by atoms with Gasteiger partial charge in [0.05, 0.1) is 12.5 Å².